The summed E-state index contributed by atoms with van der Waals surface area (Å²) in [6.07, 6.45) is 6.99. The van der Waals surface area contributed by atoms with Crippen molar-refractivity contribution in [1.29, 1.82) is 0 Å². The summed E-state index contributed by atoms with van der Waals surface area (Å²) in [6, 6.07) is 0.450. The molecule has 2 aliphatic rings. The molecule has 2 rings (SSSR count). The number of nitrogens with one attached hydrogen (secondary N) is 1. The first-order valence-corrected chi connectivity index (χ1v) is 7.14. The molecule has 1 amide bonds. The number of carbonyl (C=O) groups excluding carboxylic acids is 1. The molecule has 3 nitrogen and oxygen atoms in total. The Bertz CT molecular complexity index is 267. The Balaban J connectivity index is 1.82. The first kappa shape index (κ1) is 12.9. The highest BCUT2D eigenvalue weighted by Crippen LogP contribution is 2.33. The molecular weight excluding hydrogens is 212 g/mol. The van der Waals surface area contributed by atoms with Crippen molar-refractivity contribution in [2.24, 2.45) is 11.8 Å². The summed E-state index contributed by atoms with van der Waals surface area (Å²) in [5.41, 5.74) is 0. The minimum Gasteiger partial charge on any atom is -0.338 e. The van der Waals surface area contributed by atoms with Gasteiger partial charge in [-0.1, -0.05) is 13.3 Å². The van der Waals surface area contributed by atoms with Crippen LogP contribution in [0.4, 0.5) is 0 Å². The lowest BCUT2D eigenvalue weighted by Crippen LogP contribution is -2.41. The van der Waals surface area contributed by atoms with Crippen molar-refractivity contribution in [2.75, 3.05) is 20.1 Å². The van der Waals surface area contributed by atoms with Crippen LogP contribution in [-0.2, 0) is 4.79 Å². The van der Waals surface area contributed by atoms with Crippen molar-refractivity contribution in [3.8, 4) is 0 Å². The van der Waals surface area contributed by atoms with Crippen LogP contribution in [-0.4, -0.2) is 37.0 Å². The Hall–Kier alpha value is -0.570. The SMILES string of the molecule is CNC[C@@H]1CCCN1C(=O)C[C@H]1CC[C@H](C)C1. The predicted octanol–water partition coefficient (Wildman–Crippen LogP) is 2.02. The van der Waals surface area contributed by atoms with Crippen LogP contribution in [0.1, 0.15) is 45.4 Å². The first-order valence-electron chi connectivity index (χ1n) is 7.14. The van der Waals surface area contributed by atoms with Gasteiger partial charge in [0.15, 0.2) is 0 Å². The molecule has 0 aromatic heterocycles. The lowest BCUT2D eigenvalue weighted by molar-refractivity contribution is -0.132. The molecule has 98 valence electrons. The van der Waals surface area contributed by atoms with Gasteiger partial charge < -0.3 is 10.2 Å². The molecule has 3 atom stereocenters. The number of amides is 1. The lowest BCUT2D eigenvalue weighted by Gasteiger charge is -2.25. The highest BCUT2D eigenvalue weighted by molar-refractivity contribution is 5.77. The van der Waals surface area contributed by atoms with Crippen LogP contribution in [0.3, 0.4) is 0 Å². The average molecular weight is 238 g/mol. The van der Waals surface area contributed by atoms with Gasteiger partial charge >= 0.3 is 0 Å². The highest BCUT2D eigenvalue weighted by atomic mass is 16.2. The van der Waals surface area contributed by atoms with E-state index in [1.165, 1.54) is 32.1 Å². The third kappa shape index (κ3) is 3.21. The zero-order chi connectivity index (χ0) is 12.3. The number of hydrogen-bond donors (Lipinski definition) is 1. The summed E-state index contributed by atoms with van der Waals surface area (Å²) < 4.78 is 0. The molecule has 1 heterocycles. The van der Waals surface area contributed by atoms with Crippen LogP contribution >= 0.6 is 0 Å². The number of nitrogens with zero attached hydrogens (tertiary/aromatic N) is 1. The van der Waals surface area contributed by atoms with Gasteiger partial charge in [-0.05, 0) is 44.6 Å². The summed E-state index contributed by atoms with van der Waals surface area (Å²) in [7, 11) is 1.97. The second kappa shape index (κ2) is 5.85. The van der Waals surface area contributed by atoms with Gasteiger partial charge in [0.2, 0.25) is 5.91 Å². The van der Waals surface area contributed by atoms with E-state index in [1.807, 2.05) is 7.05 Å². The molecule has 1 saturated heterocycles. The number of likely N-dealkylation sites (tertiary alicyclic amines) is 1. The molecule has 3 heteroatoms. The van der Waals surface area contributed by atoms with Crippen LogP contribution in [0.5, 0.6) is 0 Å². The van der Waals surface area contributed by atoms with Gasteiger partial charge in [0.25, 0.3) is 0 Å². The van der Waals surface area contributed by atoms with Gasteiger partial charge in [-0.15, -0.1) is 0 Å². The van der Waals surface area contributed by atoms with Crippen molar-refractivity contribution >= 4 is 5.91 Å². The molecule has 1 saturated carbocycles. The van der Waals surface area contributed by atoms with Crippen molar-refractivity contribution in [2.45, 2.75) is 51.5 Å². The fourth-order valence-corrected chi connectivity index (χ4v) is 3.49. The van der Waals surface area contributed by atoms with Gasteiger partial charge in [0.05, 0.1) is 0 Å². The minimum atomic E-state index is 0.404. The van der Waals surface area contributed by atoms with Gasteiger partial charge in [-0.3, -0.25) is 4.79 Å². The van der Waals surface area contributed by atoms with Gasteiger partial charge in [0.1, 0.15) is 0 Å². The molecule has 0 unspecified atom stereocenters. The van der Waals surface area contributed by atoms with Crippen LogP contribution in [0.2, 0.25) is 0 Å². The first-order chi connectivity index (χ1) is 8.20. The lowest BCUT2D eigenvalue weighted by atomic mass is 10.0. The monoisotopic (exact) mass is 238 g/mol. The van der Waals surface area contributed by atoms with Crippen LogP contribution in [0, 0.1) is 11.8 Å². The normalized spacial score (nSPS) is 33.3. The zero-order valence-corrected chi connectivity index (χ0v) is 11.2. The van der Waals surface area contributed by atoms with Crippen LogP contribution in [0.25, 0.3) is 0 Å². The van der Waals surface area contributed by atoms with E-state index < -0.39 is 0 Å². The second-order valence-electron chi connectivity index (χ2n) is 5.93. The molecule has 0 bridgehead atoms. The Morgan fingerprint density at radius 3 is 2.82 bits per heavy atom. The van der Waals surface area contributed by atoms with Crippen molar-refractivity contribution in [3.63, 3.8) is 0 Å². The topological polar surface area (TPSA) is 32.3 Å². The Labute approximate surface area is 105 Å². The molecule has 1 aliphatic carbocycles. The summed E-state index contributed by atoms with van der Waals surface area (Å²) in [4.78, 5) is 14.4. The van der Waals surface area contributed by atoms with Crippen molar-refractivity contribution in [1.82, 2.24) is 10.2 Å². The fourth-order valence-electron chi connectivity index (χ4n) is 3.49. The Morgan fingerprint density at radius 1 is 1.35 bits per heavy atom. The summed E-state index contributed by atoms with van der Waals surface area (Å²) in [5, 5.41) is 3.20. The minimum absolute atomic E-state index is 0.404. The maximum Gasteiger partial charge on any atom is 0.223 e. The number of rotatable bonds is 4. The Kier molecular flexibility index (Phi) is 4.43. The standard InChI is InChI=1S/C14H26N2O/c1-11-5-6-12(8-11)9-14(17)16-7-3-4-13(16)10-15-2/h11-13,15H,3-10H2,1-2H3/t11-,12-,13-/m0/s1. The van der Waals surface area contributed by atoms with Gasteiger partial charge in [-0.2, -0.15) is 0 Å². The number of carbonyl (C=O) groups is 1. The molecule has 17 heavy (non-hydrogen) atoms. The van der Waals surface area contributed by atoms with E-state index >= 15 is 0 Å². The summed E-state index contributed by atoms with van der Waals surface area (Å²) in [6.45, 7) is 4.24. The third-order valence-corrected chi connectivity index (χ3v) is 4.40. The second-order valence-corrected chi connectivity index (χ2v) is 5.93. The van der Waals surface area contributed by atoms with E-state index in [2.05, 4.69) is 17.1 Å². The predicted molar refractivity (Wildman–Crippen MR) is 69.8 cm³/mol. The maximum atomic E-state index is 12.3. The fraction of sp³-hybridized carbons (Fsp3) is 0.929. The van der Waals surface area contributed by atoms with Gasteiger partial charge in [0, 0.05) is 25.6 Å². The number of hydrogen-bond acceptors (Lipinski definition) is 2. The molecule has 0 spiro atoms. The molecule has 0 radical (unpaired) electrons. The van der Waals surface area contributed by atoms with E-state index in [0.29, 0.717) is 17.9 Å². The van der Waals surface area contributed by atoms with E-state index in [-0.39, 0.29) is 0 Å². The van der Waals surface area contributed by atoms with Gasteiger partial charge in [-0.25, -0.2) is 0 Å². The van der Waals surface area contributed by atoms with E-state index in [0.717, 1.165) is 25.4 Å². The quantitative estimate of drug-likeness (QED) is 0.812. The molecule has 0 aromatic rings. The molecule has 0 aromatic carbocycles. The van der Waals surface area contributed by atoms with E-state index in [4.69, 9.17) is 0 Å². The smallest absolute Gasteiger partial charge is 0.223 e. The molecule has 1 N–H and O–H groups in total. The largest absolute Gasteiger partial charge is 0.338 e. The number of likely N-dealkylation sites (N-methyl/N-ethyl adjacent to an activating group) is 1. The van der Waals surface area contributed by atoms with Crippen molar-refractivity contribution in [3.05, 3.63) is 0 Å². The molecular formula is C14H26N2O. The molecule has 1 aliphatic heterocycles. The summed E-state index contributed by atoms with van der Waals surface area (Å²) >= 11 is 0. The molecule has 2 fully saturated rings. The van der Waals surface area contributed by atoms with Crippen LogP contribution in [0.15, 0.2) is 0 Å². The maximum absolute atomic E-state index is 12.3. The Morgan fingerprint density at radius 2 is 2.18 bits per heavy atom. The zero-order valence-electron chi connectivity index (χ0n) is 11.2. The van der Waals surface area contributed by atoms with Crippen molar-refractivity contribution < 1.29 is 4.79 Å². The van der Waals surface area contributed by atoms with Crippen LogP contribution < -0.4 is 5.32 Å². The average Bonchev–Trinajstić information content (AvgIpc) is 2.88. The summed E-state index contributed by atoms with van der Waals surface area (Å²) in [5.74, 6) is 1.90. The highest BCUT2D eigenvalue weighted by Gasteiger charge is 2.31. The van der Waals surface area contributed by atoms with E-state index in [1.54, 1.807) is 0 Å². The van der Waals surface area contributed by atoms with E-state index in [9.17, 15) is 4.79 Å². The third-order valence-electron chi connectivity index (χ3n) is 4.40.